The van der Waals surface area contributed by atoms with Gasteiger partial charge in [-0.15, -0.1) is 0 Å². The average Bonchev–Trinajstić information content (AvgIpc) is 3.30. The van der Waals surface area contributed by atoms with E-state index in [9.17, 15) is 4.79 Å². The molecule has 21 heavy (non-hydrogen) atoms. The highest BCUT2D eigenvalue weighted by Gasteiger charge is 2.53. The van der Waals surface area contributed by atoms with Crippen molar-refractivity contribution in [3.05, 3.63) is 34.9 Å². The van der Waals surface area contributed by atoms with Gasteiger partial charge in [-0.1, -0.05) is 23.7 Å². The lowest BCUT2D eigenvalue weighted by Gasteiger charge is -2.33. The topological polar surface area (TPSA) is 47.6 Å². The van der Waals surface area contributed by atoms with E-state index in [1.807, 2.05) is 31.2 Å². The van der Waals surface area contributed by atoms with E-state index in [1.165, 1.54) is 0 Å². The van der Waals surface area contributed by atoms with Gasteiger partial charge in [0, 0.05) is 18.7 Å². The Kier molecular flexibility index (Phi) is 5.62. The summed E-state index contributed by atoms with van der Waals surface area (Å²) in [5.41, 5.74) is 0.114. The second-order valence-corrected chi connectivity index (χ2v) is 5.67. The first-order valence-corrected chi connectivity index (χ1v) is 7.70. The molecule has 116 valence electrons. The van der Waals surface area contributed by atoms with Gasteiger partial charge >= 0.3 is 5.97 Å². The van der Waals surface area contributed by atoms with Gasteiger partial charge in [0.05, 0.1) is 13.2 Å². The van der Waals surface area contributed by atoms with Gasteiger partial charge in [0.15, 0.2) is 0 Å². The maximum absolute atomic E-state index is 12.7. The average molecular weight is 312 g/mol. The first kappa shape index (κ1) is 16.3. The van der Waals surface area contributed by atoms with Crippen molar-refractivity contribution < 1.29 is 14.3 Å². The molecule has 2 rings (SSSR count). The van der Waals surface area contributed by atoms with Gasteiger partial charge in [-0.25, -0.2) is 4.79 Å². The van der Waals surface area contributed by atoms with Crippen LogP contribution in [0.5, 0.6) is 0 Å². The number of ether oxygens (including phenoxy) is 2. The second kappa shape index (κ2) is 7.25. The summed E-state index contributed by atoms with van der Waals surface area (Å²) in [5, 5.41) is 4.03. The summed E-state index contributed by atoms with van der Waals surface area (Å²) in [6.07, 6.45) is 2.03. The van der Waals surface area contributed by atoms with Crippen LogP contribution in [-0.4, -0.2) is 32.8 Å². The van der Waals surface area contributed by atoms with Crippen molar-refractivity contribution in [3.8, 4) is 0 Å². The molecule has 5 heteroatoms. The van der Waals surface area contributed by atoms with Crippen LogP contribution in [0.1, 0.15) is 25.3 Å². The summed E-state index contributed by atoms with van der Waals surface area (Å²) < 4.78 is 10.4. The number of carbonyl (C=O) groups excluding carboxylic acids is 1. The third-order valence-corrected chi connectivity index (χ3v) is 4.05. The maximum atomic E-state index is 12.7. The number of halogens is 1. The molecular formula is C16H22ClNO3. The summed E-state index contributed by atoms with van der Waals surface area (Å²) >= 11 is 5.97. The number of methoxy groups -OCH3 is 1. The Labute approximate surface area is 130 Å². The van der Waals surface area contributed by atoms with E-state index in [1.54, 1.807) is 7.11 Å². The predicted molar refractivity (Wildman–Crippen MR) is 82.4 cm³/mol. The molecule has 0 heterocycles. The minimum atomic E-state index is -0.793. The summed E-state index contributed by atoms with van der Waals surface area (Å²) in [6.45, 7) is 3.33. The lowest BCUT2D eigenvalue weighted by molar-refractivity contribution is -0.153. The SMILES string of the molecule is CCOC(=O)C(NCCOC)(c1ccc(Cl)cc1)C1CC1. The summed E-state index contributed by atoms with van der Waals surface area (Å²) in [7, 11) is 1.65. The van der Waals surface area contributed by atoms with Crippen molar-refractivity contribution >= 4 is 17.6 Å². The van der Waals surface area contributed by atoms with E-state index >= 15 is 0 Å². The molecule has 0 aromatic heterocycles. The van der Waals surface area contributed by atoms with Crippen LogP contribution < -0.4 is 5.32 Å². The molecule has 0 spiro atoms. The van der Waals surface area contributed by atoms with E-state index in [4.69, 9.17) is 21.1 Å². The molecule has 1 atom stereocenters. The van der Waals surface area contributed by atoms with Crippen molar-refractivity contribution in [2.24, 2.45) is 5.92 Å². The fraction of sp³-hybridized carbons (Fsp3) is 0.562. The minimum Gasteiger partial charge on any atom is -0.464 e. The first-order valence-electron chi connectivity index (χ1n) is 7.32. The van der Waals surface area contributed by atoms with Crippen molar-refractivity contribution in [1.82, 2.24) is 5.32 Å². The van der Waals surface area contributed by atoms with E-state index in [0.717, 1.165) is 18.4 Å². The van der Waals surface area contributed by atoms with E-state index in [0.29, 0.717) is 24.8 Å². The quantitative estimate of drug-likeness (QED) is 0.592. The lowest BCUT2D eigenvalue weighted by atomic mass is 9.84. The van der Waals surface area contributed by atoms with Gasteiger partial charge in [-0.05, 0) is 43.4 Å². The molecule has 0 radical (unpaired) electrons. The molecule has 1 unspecified atom stereocenters. The van der Waals surface area contributed by atoms with Crippen molar-refractivity contribution in [3.63, 3.8) is 0 Å². The Hall–Kier alpha value is -1.10. The summed E-state index contributed by atoms with van der Waals surface area (Å²) in [5.74, 6) is 0.0421. The van der Waals surface area contributed by atoms with Gasteiger partial charge in [0.1, 0.15) is 5.54 Å². The molecule has 1 aromatic rings. The minimum absolute atomic E-state index is 0.217. The van der Waals surface area contributed by atoms with Crippen molar-refractivity contribution in [2.75, 3.05) is 26.9 Å². The van der Waals surface area contributed by atoms with E-state index in [-0.39, 0.29) is 11.9 Å². The van der Waals surface area contributed by atoms with Gasteiger partial charge in [0.2, 0.25) is 0 Å². The first-order chi connectivity index (χ1) is 10.1. The second-order valence-electron chi connectivity index (χ2n) is 5.23. The number of hydrogen-bond donors (Lipinski definition) is 1. The summed E-state index contributed by atoms with van der Waals surface area (Å²) in [6, 6.07) is 7.42. The smallest absolute Gasteiger partial charge is 0.331 e. The van der Waals surface area contributed by atoms with Gasteiger partial charge < -0.3 is 9.47 Å². The molecule has 1 aliphatic rings. The number of hydrogen-bond acceptors (Lipinski definition) is 4. The normalized spacial score (nSPS) is 17.3. The highest BCUT2D eigenvalue weighted by atomic mass is 35.5. The lowest BCUT2D eigenvalue weighted by Crippen LogP contribution is -2.53. The molecule has 1 fully saturated rings. The molecule has 0 aliphatic heterocycles. The Balaban J connectivity index is 2.34. The molecule has 0 bridgehead atoms. The third-order valence-electron chi connectivity index (χ3n) is 3.80. The molecule has 1 aromatic carbocycles. The van der Waals surface area contributed by atoms with Gasteiger partial charge in [-0.2, -0.15) is 0 Å². The van der Waals surface area contributed by atoms with Crippen LogP contribution >= 0.6 is 11.6 Å². The number of rotatable bonds is 8. The van der Waals surface area contributed by atoms with Crippen LogP contribution in [0.3, 0.4) is 0 Å². The number of esters is 1. The van der Waals surface area contributed by atoms with Crippen LogP contribution in [0, 0.1) is 5.92 Å². The molecule has 1 N–H and O–H groups in total. The monoisotopic (exact) mass is 311 g/mol. The van der Waals surface area contributed by atoms with Crippen molar-refractivity contribution in [2.45, 2.75) is 25.3 Å². The summed E-state index contributed by atoms with van der Waals surface area (Å²) in [4.78, 5) is 12.7. The van der Waals surface area contributed by atoms with Crippen LogP contribution in [0.2, 0.25) is 5.02 Å². The van der Waals surface area contributed by atoms with Gasteiger partial charge in [-0.3, -0.25) is 5.32 Å². The van der Waals surface area contributed by atoms with Crippen molar-refractivity contribution in [1.29, 1.82) is 0 Å². The highest BCUT2D eigenvalue weighted by Crippen LogP contribution is 2.46. The van der Waals surface area contributed by atoms with Crippen LogP contribution in [0.15, 0.2) is 24.3 Å². The zero-order valence-electron chi connectivity index (χ0n) is 12.5. The Morgan fingerprint density at radius 1 is 1.38 bits per heavy atom. The molecule has 0 amide bonds. The van der Waals surface area contributed by atoms with Crippen LogP contribution in [-0.2, 0) is 19.8 Å². The predicted octanol–water partition coefficient (Wildman–Crippen LogP) is 2.74. The van der Waals surface area contributed by atoms with Crippen LogP contribution in [0.25, 0.3) is 0 Å². The fourth-order valence-corrected chi connectivity index (χ4v) is 2.79. The van der Waals surface area contributed by atoms with Gasteiger partial charge in [0.25, 0.3) is 0 Å². The molecule has 4 nitrogen and oxygen atoms in total. The molecular weight excluding hydrogens is 290 g/mol. The Bertz CT molecular complexity index is 473. The third kappa shape index (κ3) is 3.57. The standard InChI is InChI=1S/C16H22ClNO3/c1-3-21-15(19)16(12-4-5-12,18-10-11-20-2)13-6-8-14(17)9-7-13/h6-9,12,18H,3-5,10-11H2,1-2H3. The number of nitrogens with one attached hydrogen (secondary N) is 1. The van der Waals surface area contributed by atoms with E-state index in [2.05, 4.69) is 5.32 Å². The Morgan fingerprint density at radius 2 is 2.05 bits per heavy atom. The molecule has 0 saturated heterocycles. The zero-order chi connectivity index (χ0) is 15.3. The zero-order valence-corrected chi connectivity index (χ0v) is 13.3. The Morgan fingerprint density at radius 3 is 2.57 bits per heavy atom. The molecule has 1 aliphatic carbocycles. The number of benzene rings is 1. The maximum Gasteiger partial charge on any atom is 0.331 e. The highest BCUT2D eigenvalue weighted by molar-refractivity contribution is 6.30. The van der Waals surface area contributed by atoms with E-state index < -0.39 is 5.54 Å². The largest absolute Gasteiger partial charge is 0.464 e. The van der Waals surface area contributed by atoms with Crippen LogP contribution in [0.4, 0.5) is 0 Å². The molecule has 1 saturated carbocycles. The fourth-order valence-electron chi connectivity index (χ4n) is 2.66. The number of carbonyl (C=O) groups is 1.